The number of rotatable bonds is 7. The normalized spacial score (nSPS) is 15.7. The molecule has 0 aromatic heterocycles. The Morgan fingerprint density at radius 1 is 1.12 bits per heavy atom. The van der Waals surface area contributed by atoms with Crippen molar-refractivity contribution in [3.05, 3.63) is 113 Å². The molecule has 1 heterocycles. The highest BCUT2D eigenvalue weighted by atomic mass is 16.5. The molecule has 1 aliphatic heterocycles. The van der Waals surface area contributed by atoms with Gasteiger partial charge in [-0.3, -0.25) is 9.59 Å². The van der Waals surface area contributed by atoms with E-state index >= 15 is 0 Å². The zero-order valence-electron chi connectivity index (χ0n) is 19.7. The van der Waals surface area contributed by atoms with Gasteiger partial charge >= 0.3 is 0 Å². The number of nitrogens with zero attached hydrogens (tertiary/aromatic N) is 1. The molecule has 0 bridgehead atoms. The Bertz CT molecular complexity index is 1190. The molecule has 1 N–H and O–H groups in total. The lowest BCUT2D eigenvalue weighted by molar-refractivity contribution is -0.127. The second-order valence-corrected chi connectivity index (χ2v) is 8.59. The van der Waals surface area contributed by atoms with Gasteiger partial charge in [0.1, 0.15) is 5.75 Å². The molecule has 2 amide bonds. The molecule has 0 saturated heterocycles. The minimum atomic E-state index is -0.652. The number of hydrogen-bond donors (Lipinski definition) is 1. The van der Waals surface area contributed by atoms with Gasteiger partial charge in [0.2, 0.25) is 0 Å². The summed E-state index contributed by atoms with van der Waals surface area (Å²) >= 11 is 0. The maximum absolute atomic E-state index is 13.6. The Morgan fingerprint density at radius 3 is 2.65 bits per heavy atom. The van der Waals surface area contributed by atoms with Crippen LogP contribution in [0, 0.1) is 6.92 Å². The van der Waals surface area contributed by atoms with Crippen molar-refractivity contribution in [1.29, 1.82) is 0 Å². The van der Waals surface area contributed by atoms with Gasteiger partial charge in [0, 0.05) is 18.7 Å². The molecule has 0 aliphatic carbocycles. The van der Waals surface area contributed by atoms with Gasteiger partial charge in [-0.1, -0.05) is 60.2 Å². The van der Waals surface area contributed by atoms with Crippen molar-refractivity contribution in [2.45, 2.75) is 32.4 Å². The molecule has 5 heteroatoms. The number of ether oxygens (including phenoxy) is 1. The molecule has 0 unspecified atom stereocenters. The summed E-state index contributed by atoms with van der Waals surface area (Å²) in [6, 6.07) is 23.4. The highest BCUT2D eigenvalue weighted by Crippen LogP contribution is 2.38. The van der Waals surface area contributed by atoms with Gasteiger partial charge in [-0.2, -0.15) is 0 Å². The van der Waals surface area contributed by atoms with E-state index in [1.165, 1.54) is 5.56 Å². The fourth-order valence-corrected chi connectivity index (χ4v) is 4.41. The number of hydrogen-bond acceptors (Lipinski definition) is 3. The van der Waals surface area contributed by atoms with Crippen LogP contribution in [-0.2, 0) is 11.2 Å². The van der Waals surface area contributed by atoms with Crippen LogP contribution < -0.4 is 10.1 Å². The Labute approximate surface area is 201 Å². The van der Waals surface area contributed by atoms with Crippen LogP contribution in [0.1, 0.15) is 45.6 Å². The van der Waals surface area contributed by atoms with Crippen LogP contribution in [0.15, 0.2) is 85.5 Å². The Balaban J connectivity index is 1.71. The van der Waals surface area contributed by atoms with Crippen LogP contribution in [0.25, 0.3) is 0 Å². The number of benzene rings is 3. The minimum absolute atomic E-state index is 0.00116. The smallest absolute Gasteiger partial charge is 0.261 e. The van der Waals surface area contributed by atoms with E-state index in [0.717, 1.165) is 23.1 Å². The fraction of sp³-hybridized carbons (Fsp3) is 0.241. The number of aryl methyl sites for hydroxylation is 1. The van der Waals surface area contributed by atoms with Crippen LogP contribution in [0.3, 0.4) is 0 Å². The zero-order chi connectivity index (χ0) is 24.1. The molecule has 4 rings (SSSR count). The summed E-state index contributed by atoms with van der Waals surface area (Å²) in [6.45, 7) is 8.42. The van der Waals surface area contributed by atoms with E-state index in [1.54, 1.807) is 13.0 Å². The maximum atomic E-state index is 13.6. The van der Waals surface area contributed by atoms with E-state index in [9.17, 15) is 9.59 Å². The average Bonchev–Trinajstić information content (AvgIpc) is 2.86. The molecule has 3 aromatic carbocycles. The Hall–Kier alpha value is -3.86. The summed E-state index contributed by atoms with van der Waals surface area (Å²) in [7, 11) is 0. The molecular formula is C29H30N2O3. The van der Waals surface area contributed by atoms with Crippen LogP contribution in [-0.4, -0.2) is 35.9 Å². The largest absolute Gasteiger partial charge is 0.481 e. The van der Waals surface area contributed by atoms with Crippen molar-refractivity contribution in [3.8, 4) is 5.75 Å². The summed E-state index contributed by atoms with van der Waals surface area (Å²) < 4.78 is 5.98. The van der Waals surface area contributed by atoms with E-state index in [2.05, 4.69) is 37.0 Å². The van der Waals surface area contributed by atoms with E-state index in [0.29, 0.717) is 24.4 Å². The van der Waals surface area contributed by atoms with Crippen molar-refractivity contribution >= 4 is 11.8 Å². The Morgan fingerprint density at radius 2 is 1.91 bits per heavy atom. The van der Waals surface area contributed by atoms with Crippen molar-refractivity contribution in [3.63, 3.8) is 0 Å². The fourth-order valence-electron chi connectivity index (χ4n) is 4.41. The summed E-state index contributed by atoms with van der Waals surface area (Å²) in [4.78, 5) is 27.8. The van der Waals surface area contributed by atoms with Gasteiger partial charge in [0.25, 0.3) is 11.8 Å². The maximum Gasteiger partial charge on any atom is 0.261 e. The quantitative estimate of drug-likeness (QED) is 0.519. The van der Waals surface area contributed by atoms with Crippen molar-refractivity contribution < 1.29 is 14.3 Å². The molecule has 0 fully saturated rings. The molecule has 1 aliphatic rings. The predicted octanol–water partition coefficient (Wildman–Crippen LogP) is 4.85. The SMILES string of the molecule is C=CCNC(=O)[C@H](C)Oc1ccc2c(c1)[C@@H](c1cccc(C)c1)N(C(=O)c1ccccc1)CC2. The van der Waals surface area contributed by atoms with Gasteiger partial charge < -0.3 is 15.0 Å². The topological polar surface area (TPSA) is 58.6 Å². The van der Waals surface area contributed by atoms with Crippen molar-refractivity contribution in [1.82, 2.24) is 10.2 Å². The number of fused-ring (bicyclic) bond motifs is 1. The predicted molar refractivity (Wildman–Crippen MR) is 134 cm³/mol. The zero-order valence-corrected chi connectivity index (χ0v) is 19.7. The standard InChI is InChI=1S/C29H30N2O3/c1-4-16-30-28(32)21(3)34-25-14-13-22-15-17-31(29(33)23-10-6-5-7-11-23)27(26(22)19-25)24-12-8-9-20(2)18-24/h4-14,18-19,21,27H,1,15-17H2,2-3H3,(H,30,32)/t21-,27+/m0/s1. The van der Waals surface area contributed by atoms with Crippen LogP contribution >= 0.6 is 0 Å². The monoisotopic (exact) mass is 454 g/mol. The van der Waals surface area contributed by atoms with Crippen LogP contribution in [0.2, 0.25) is 0 Å². The third kappa shape index (κ3) is 5.04. The lowest BCUT2D eigenvalue weighted by Gasteiger charge is -2.38. The third-order valence-corrected chi connectivity index (χ3v) is 6.09. The van der Waals surface area contributed by atoms with Gasteiger partial charge in [-0.15, -0.1) is 6.58 Å². The molecule has 5 nitrogen and oxygen atoms in total. The average molecular weight is 455 g/mol. The minimum Gasteiger partial charge on any atom is -0.481 e. The summed E-state index contributed by atoms with van der Waals surface area (Å²) in [5.41, 5.74) is 5.07. The Kier molecular flexibility index (Phi) is 7.12. The molecule has 3 aromatic rings. The first-order chi connectivity index (χ1) is 16.5. The first-order valence-electron chi connectivity index (χ1n) is 11.6. The van der Waals surface area contributed by atoms with Gasteiger partial charge in [-0.25, -0.2) is 0 Å². The van der Waals surface area contributed by atoms with Crippen molar-refractivity contribution in [2.75, 3.05) is 13.1 Å². The number of carbonyl (C=O) groups excluding carboxylic acids is 2. The van der Waals surface area contributed by atoms with Gasteiger partial charge in [0.05, 0.1) is 6.04 Å². The molecule has 34 heavy (non-hydrogen) atoms. The lowest BCUT2D eigenvalue weighted by atomic mass is 9.87. The first-order valence-corrected chi connectivity index (χ1v) is 11.6. The van der Waals surface area contributed by atoms with Gasteiger partial charge in [0.15, 0.2) is 6.10 Å². The molecular weight excluding hydrogens is 424 g/mol. The number of nitrogens with one attached hydrogen (secondary N) is 1. The van der Waals surface area contributed by atoms with E-state index in [4.69, 9.17) is 4.74 Å². The molecule has 174 valence electrons. The lowest BCUT2D eigenvalue weighted by Crippen LogP contribution is -2.40. The summed E-state index contributed by atoms with van der Waals surface area (Å²) in [6.07, 6.45) is 1.74. The molecule has 2 atom stereocenters. The summed E-state index contributed by atoms with van der Waals surface area (Å²) in [5, 5.41) is 2.76. The van der Waals surface area contributed by atoms with E-state index < -0.39 is 6.10 Å². The van der Waals surface area contributed by atoms with Gasteiger partial charge in [-0.05, 0) is 61.2 Å². The first kappa shape index (κ1) is 23.3. The highest BCUT2D eigenvalue weighted by molar-refractivity contribution is 5.95. The highest BCUT2D eigenvalue weighted by Gasteiger charge is 2.33. The second kappa shape index (κ2) is 10.4. The van der Waals surface area contributed by atoms with Crippen LogP contribution in [0.5, 0.6) is 5.75 Å². The number of carbonyl (C=O) groups is 2. The second-order valence-electron chi connectivity index (χ2n) is 8.59. The van der Waals surface area contributed by atoms with E-state index in [1.807, 2.05) is 59.5 Å². The van der Waals surface area contributed by atoms with Crippen LogP contribution in [0.4, 0.5) is 0 Å². The molecule has 0 spiro atoms. The van der Waals surface area contributed by atoms with E-state index in [-0.39, 0.29) is 17.9 Å². The molecule has 0 radical (unpaired) electrons. The van der Waals surface area contributed by atoms with Crippen molar-refractivity contribution in [2.24, 2.45) is 0 Å². The third-order valence-electron chi connectivity index (χ3n) is 6.09. The molecule has 0 saturated carbocycles. The summed E-state index contributed by atoms with van der Waals surface area (Å²) in [5.74, 6) is 0.404. The number of amides is 2.